The molecule has 0 aliphatic carbocycles. The van der Waals surface area contributed by atoms with Crippen molar-refractivity contribution in [1.29, 1.82) is 0 Å². The first kappa shape index (κ1) is 15.5. The fourth-order valence-electron chi connectivity index (χ4n) is 2.90. The van der Waals surface area contributed by atoms with E-state index in [-0.39, 0.29) is 23.8 Å². The molecule has 2 amide bonds. The standard InChI is InChI=1S/C14H24N2O3S/c1-3-10(2)13-14(18)16(7-4-12(17)15-13)11-5-8-20(19)9-6-11/h10-11,13H,3-9H2,1-2H3,(H,15,17). The number of hydrogen-bond acceptors (Lipinski definition) is 3. The van der Waals surface area contributed by atoms with Crippen LogP contribution in [-0.2, 0) is 20.4 Å². The van der Waals surface area contributed by atoms with E-state index in [1.165, 1.54) is 0 Å². The third kappa shape index (κ3) is 3.40. The van der Waals surface area contributed by atoms with Gasteiger partial charge in [-0.2, -0.15) is 0 Å². The largest absolute Gasteiger partial charge is 0.344 e. The van der Waals surface area contributed by atoms with Crippen molar-refractivity contribution in [3.63, 3.8) is 0 Å². The smallest absolute Gasteiger partial charge is 0.245 e. The molecule has 0 aromatic heterocycles. The summed E-state index contributed by atoms with van der Waals surface area (Å²) in [6.45, 7) is 4.53. The molecule has 0 aromatic rings. The van der Waals surface area contributed by atoms with Gasteiger partial charge in [-0.05, 0) is 18.8 Å². The molecule has 0 spiro atoms. The second-order valence-corrected chi connectivity index (χ2v) is 7.49. The zero-order chi connectivity index (χ0) is 14.7. The lowest BCUT2D eigenvalue weighted by Gasteiger charge is -2.35. The van der Waals surface area contributed by atoms with Gasteiger partial charge in [-0.1, -0.05) is 20.3 Å². The van der Waals surface area contributed by atoms with Gasteiger partial charge < -0.3 is 10.2 Å². The lowest BCUT2D eigenvalue weighted by molar-refractivity contribution is -0.137. The van der Waals surface area contributed by atoms with Crippen LogP contribution in [0.5, 0.6) is 0 Å². The van der Waals surface area contributed by atoms with Crippen molar-refractivity contribution >= 4 is 22.6 Å². The number of carbonyl (C=O) groups excluding carboxylic acids is 2. The summed E-state index contributed by atoms with van der Waals surface area (Å²) in [7, 11) is -0.728. The van der Waals surface area contributed by atoms with Crippen LogP contribution in [0.25, 0.3) is 0 Å². The summed E-state index contributed by atoms with van der Waals surface area (Å²) in [6.07, 6.45) is 2.82. The van der Waals surface area contributed by atoms with E-state index >= 15 is 0 Å². The Morgan fingerprint density at radius 3 is 2.60 bits per heavy atom. The first-order chi connectivity index (χ1) is 9.52. The zero-order valence-corrected chi connectivity index (χ0v) is 13.1. The second kappa shape index (κ2) is 6.70. The summed E-state index contributed by atoms with van der Waals surface area (Å²) in [6, 6.07) is -0.248. The van der Waals surface area contributed by atoms with Gasteiger partial charge in [0.1, 0.15) is 6.04 Å². The molecule has 2 fully saturated rings. The molecule has 0 aromatic carbocycles. The van der Waals surface area contributed by atoms with E-state index in [1.807, 2.05) is 18.7 Å². The summed E-state index contributed by atoms with van der Waals surface area (Å²) in [5.74, 6) is 1.49. The van der Waals surface area contributed by atoms with Gasteiger partial charge in [0.05, 0.1) is 0 Å². The number of nitrogens with zero attached hydrogens (tertiary/aromatic N) is 1. The number of rotatable bonds is 3. The molecule has 2 unspecified atom stereocenters. The van der Waals surface area contributed by atoms with Crippen LogP contribution in [0.3, 0.4) is 0 Å². The molecule has 2 atom stereocenters. The van der Waals surface area contributed by atoms with Crippen LogP contribution in [0, 0.1) is 5.92 Å². The average molecular weight is 300 g/mol. The minimum atomic E-state index is -0.728. The number of carbonyl (C=O) groups is 2. The summed E-state index contributed by atoms with van der Waals surface area (Å²) in [5, 5.41) is 2.87. The van der Waals surface area contributed by atoms with Gasteiger partial charge in [-0.3, -0.25) is 13.8 Å². The minimum absolute atomic E-state index is 0.0365. The van der Waals surface area contributed by atoms with Gasteiger partial charge in [-0.25, -0.2) is 0 Å². The fraction of sp³-hybridized carbons (Fsp3) is 0.857. The molecule has 2 aliphatic heterocycles. The highest BCUT2D eigenvalue weighted by Gasteiger charge is 2.37. The first-order valence-corrected chi connectivity index (χ1v) is 8.96. The lowest BCUT2D eigenvalue weighted by Crippen LogP contribution is -2.52. The Kier molecular flexibility index (Phi) is 5.18. The Morgan fingerprint density at radius 1 is 1.35 bits per heavy atom. The fourth-order valence-corrected chi connectivity index (χ4v) is 4.17. The van der Waals surface area contributed by atoms with Crippen LogP contribution in [-0.4, -0.2) is 51.1 Å². The minimum Gasteiger partial charge on any atom is -0.344 e. The van der Waals surface area contributed by atoms with Crippen LogP contribution in [0.4, 0.5) is 0 Å². The topological polar surface area (TPSA) is 66.5 Å². The van der Waals surface area contributed by atoms with Gasteiger partial charge in [0, 0.05) is 41.3 Å². The van der Waals surface area contributed by atoms with Gasteiger partial charge in [0.15, 0.2) is 0 Å². The number of nitrogens with one attached hydrogen (secondary N) is 1. The van der Waals surface area contributed by atoms with E-state index < -0.39 is 16.8 Å². The lowest BCUT2D eigenvalue weighted by atomic mass is 9.97. The maximum absolute atomic E-state index is 12.7. The Hall–Kier alpha value is -0.910. The predicted molar refractivity (Wildman–Crippen MR) is 78.6 cm³/mol. The molecule has 2 rings (SSSR count). The maximum atomic E-state index is 12.7. The van der Waals surface area contributed by atoms with Crippen molar-refractivity contribution in [1.82, 2.24) is 10.2 Å². The van der Waals surface area contributed by atoms with Gasteiger partial charge in [-0.15, -0.1) is 0 Å². The molecule has 1 N–H and O–H groups in total. The van der Waals surface area contributed by atoms with Crippen LogP contribution in [0.2, 0.25) is 0 Å². The van der Waals surface area contributed by atoms with E-state index in [9.17, 15) is 13.8 Å². The van der Waals surface area contributed by atoms with Crippen molar-refractivity contribution in [3.05, 3.63) is 0 Å². The molecular weight excluding hydrogens is 276 g/mol. The van der Waals surface area contributed by atoms with Crippen LogP contribution < -0.4 is 5.32 Å². The normalized spacial score (nSPS) is 33.5. The van der Waals surface area contributed by atoms with E-state index in [0.717, 1.165) is 19.3 Å². The third-order valence-corrected chi connectivity index (χ3v) is 5.84. The van der Waals surface area contributed by atoms with E-state index in [1.54, 1.807) is 0 Å². The molecule has 2 saturated heterocycles. The molecule has 5 nitrogen and oxygen atoms in total. The summed E-state index contributed by atoms with van der Waals surface area (Å²) in [4.78, 5) is 26.4. The average Bonchev–Trinajstić information content (AvgIpc) is 2.59. The molecule has 2 aliphatic rings. The van der Waals surface area contributed by atoms with E-state index in [2.05, 4.69) is 5.32 Å². The first-order valence-electron chi connectivity index (χ1n) is 7.47. The van der Waals surface area contributed by atoms with Crippen molar-refractivity contribution < 1.29 is 13.8 Å². The van der Waals surface area contributed by atoms with Gasteiger partial charge in [0.2, 0.25) is 11.8 Å². The number of amides is 2. The Labute approximate surface area is 122 Å². The maximum Gasteiger partial charge on any atom is 0.245 e. The molecular formula is C14H24N2O3S. The molecule has 20 heavy (non-hydrogen) atoms. The summed E-state index contributed by atoms with van der Waals surface area (Å²) < 4.78 is 11.5. The van der Waals surface area contributed by atoms with E-state index in [0.29, 0.717) is 24.5 Å². The van der Waals surface area contributed by atoms with Crippen LogP contribution >= 0.6 is 0 Å². The zero-order valence-electron chi connectivity index (χ0n) is 12.3. The Balaban J connectivity index is 2.12. The summed E-state index contributed by atoms with van der Waals surface area (Å²) >= 11 is 0. The highest BCUT2D eigenvalue weighted by Crippen LogP contribution is 2.21. The SMILES string of the molecule is CCC(C)C1NC(=O)CCN(C2CCS(=O)CC2)C1=O. The van der Waals surface area contributed by atoms with Crippen LogP contribution in [0.15, 0.2) is 0 Å². The predicted octanol–water partition coefficient (Wildman–Crippen LogP) is 0.661. The van der Waals surface area contributed by atoms with E-state index in [4.69, 9.17) is 0 Å². The highest BCUT2D eigenvalue weighted by molar-refractivity contribution is 7.85. The quantitative estimate of drug-likeness (QED) is 0.832. The second-order valence-electron chi connectivity index (χ2n) is 5.79. The molecule has 0 bridgehead atoms. The van der Waals surface area contributed by atoms with Crippen molar-refractivity contribution in [3.8, 4) is 0 Å². The van der Waals surface area contributed by atoms with Gasteiger partial charge >= 0.3 is 0 Å². The molecule has 2 heterocycles. The molecule has 0 saturated carbocycles. The number of hydrogen-bond donors (Lipinski definition) is 1. The van der Waals surface area contributed by atoms with Crippen molar-refractivity contribution in [2.75, 3.05) is 18.1 Å². The third-order valence-electron chi connectivity index (χ3n) is 4.46. The molecule has 6 heteroatoms. The van der Waals surface area contributed by atoms with Crippen molar-refractivity contribution in [2.45, 2.75) is 51.6 Å². The molecule has 114 valence electrons. The highest BCUT2D eigenvalue weighted by atomic mass is 32.2. The van der Waals surface area contributed by atoms with Gasteiger partial charge in [0.25, 0.3) is 0 Å². The van der Waals surface area contributed by atoms with Crippen LogP contribution in [0.1, 0.15) is 39.5 Å². The Morgan fingerprint density at radius 2 is 2.00 bits per heavy atom. The van der Waals surface area contributed by atoms with Crippen molar-refractivity contribution in [2.24, 2.45) is 5.92 Å². The monoisotopic (exact) mass is 300 g/mol. The summed E-state index contributed by atoms with van der Waals surface area (Å²) in [5.41, 5.74) is 0. The molecule has 0 radical (unpaired) electrons. The Bertz CT molecular complexity index is 403.